The molecule has 0 bridgehead atoms. The third-order valence-electron chi connectivity index (χ3n) is 11.5. The van der Waals surface area contributed by atoms with Crippen molar-refractivity contribution in [1.29, 1.82) is 0 Å². The van der Waals surface area contributed by atoms with E-state index in [2.05, 4.69) is 191 Å². The van der Waals surface area contributed by atoms with Gasteiger partial charge >= 0.3 is 0 Å². The van der Waals surface area contributed by atoms with Crippen molar-refractivity contribution in [3.8, 4) is 17.2 Å². The smallest absolute Gasteiger partial charge is 0.141 e. The predicted molar refractivity (Wildman–Crippen MR) is 263 cm³/mol. The molecule has 1 aliphatic carbocycles. The van der Waals surface area contributed by atoms with Crippen LogP contribution in [-0.2, 0) is 0 Å². The number of quaternary nitrogens is 1. The van der Waals surface area contributed by atoms with E-state index < -0.39 is 0 Å². The minimum Gasteiger partial charge on any atom is -0.497 e. The Morgan fingerprint density at radius 2 is 0.672 bits per heavy atom. The van der Waals surface area contributed by atoms with Crippen LogP contribution >= 0.6 is 0 Å². The molecule has 7 nitrogen and oxygen atoms in total. The van der Waals surface area contributed by atoms with Crippen molar-refractivity contribution in [3.05, 3.63) is 236 Å². The molecule has 8 aromatic carbocycles. The second-order valence-electron chi connectivity index (χ2n) is 15.4. The van der Waals surface area contributed by atoms with E-state index in [1.54, 1.807) is 21.3 Å². The molecule has 0 heterocycles. The zero-order valence-electron chi connectivity index (χ0n) is 36.3. The minimum absolute atomic E-state index is 0.806. The van der Waals surface area contributed by atoms with Gasteiger partial charge in [-0.15, -0.1) is 0 Å². The van der Waals surface area contributed by atoms with Gasteiger partial charge in [-0.2, -0.15) is 0 Å². The van der Waals surface area contributed by atoms with Crippen LogP contribution in [0.1, 0.15) is 12.8 Å². The van der Waals surface area contributed by atoms with Gasteiger partial charge in [-0.1, -0.05) is 72.8 Å². The number of hydrogen-bond donors (Lipinski definition) is 1. The second-order valence-corrected chi connectivity index (χ2v) is 15.4. The van der Waals surface area contributed by atoms with Crippen molar-refractivity contribution >= 4 is 56.9 Å². The van der Waals surface area contributed by atoms with Crippen LogP contribution in [0.3, 0.4) is 0 Å². The van der Waals surface area contributed by atoms with Crippen molar-refractivity contribution in [2.45, 2.75) is 12.8 Å². The predicted octanol–water partition coefficient (Wildman–Crippen LogP) is 13.9. The first kappa shape index (κ1) is 41.4. The van der Waals surface area contributed by atoms with Gasteiger partial charge in [-0.25, -0.2) is 4.90 Å². The first-order valence-corrected chi connectivity index (χ1v) is 21.6. The number of ether oxygens (including phenoxy) is 3. The van der Waals surface area contributed by atoms with E-state index in [0.717, 1.165) is 87.0 Å². The number of nitrogens with one attached hydrogen (secondary N) is 1. The fourth-order valence-corrected chi connectivity index (χ4v) is 8.47. The van der Waals surface area contributed by atoms with Crippen LogP contribution in [-0.4, -0.2) is 21.3 Å². The Hall–Kier alpha value is -8.00. The quantitative estimate of drug-likeness (QED) is 0.111. The molecule has 316 valence electrons. The molecule has 7 heteroatoms. The molecule has 64 heavy (non-hydrogen) atoms. The maximum atomic E-state index is 5.66. The summed E-state index contributed by atoms with van der Waals surface area (Å²) in [5, 5.41) is 0. The average molecular weight is 840 g/mol. The van der Waals surface area contributed by atoms with E-state index in [1.165, 1.54) is 16.3 Å². The molecule has 8 aromatic rings. The SMILES string of the molecule is COc1cccc(N(C2=CC=C([NH+](c3ccc(N(c4ccccc4)c4cccc(OC)c4)cc3)c3ccc(N(c4ccccc4)c4cccc(OC)c4)cc3)CC2)c2ccccc2)c1. The Morgan fingerprint density at radius 3 is 1.03 bits per heavy atom. The van der Waals surface area contributed by atoms with Crippen molar-refractivity contribution < 1.29 is 19.1 Å². The topological polar surface area (TPSA) is 41.8 Å². The van der Waals surface area contributed by atoms with Crippen LogP contribution in [0.15, 0.2) is 236 Å². The van der Waals surface area contributed by atoms with Gasteiger partial charge in [0.25, 0.3) is 0 Å². The highest BCUT2D eigenvalue weighted by molar-refractivity contribution is 5.79. The number of allylic oxidation sites excluding steroid dienone is 4. The Kier molecular flexibility index (Phi) is 12.5. The Labute approximate surface area is 376 Å². The summed E-state index contributed by atoms with van der Waals surface area (Å²) < 4.78 is 17.0. The zero-order valence-corrected chi connectivity index (χ0v) is 36.3. The average Bonchev–Trinajstić information content (AvgIpc) is 3.37. The van der Waals surface area contributed by atoms with E-state index in [0.29, 0.717) is 0 Å². The van der Waals surface area contributed by atoms with Gasteiger partial charge in [0, 0.05) is 100 Å². The zero-order chi connectivity index (χ0) is 43.7. The fraction of sp³-hybridized carbons (Fsp3) is 0.0877. The minimum atomic E-state index is 0.806. The van der Waals surface area contributed by atoms with Gasteiger partial charge in [-0.05, 0) is 116 Å². The van der Waals surface area contributed by atoms with E-state index in [1.807, 2.05) is 48.5 Å². The first-order valence-electron chi connectivity index (χ1n) is 21.6. The highest BCUT2D eigenvalue weighted by Crippen LogP contribution is 2.40. The second kappa shape index (κ2) is 19.4. The van der Waals surface area contributed by atoms with Crippen molar-refractivity contribution in [2.24, 2.45) is 0 Å². The van der Waals surface area contributed by atoms with Crippen molar-refractivity contribution in [1.82, 2.24) is 0 Å². The summed E-state index contributed by atoms with van der Waals surface area (Å²) in [6.07, 6.45) is 6.28. The van der Waals surface area contributed by atoms with Crippen LogP contribution in [0, 0.1) is 0 Å². The summed E-state index contributed by atoms with van der Waals surface area (Å²) in [5.41, 5.74) is 13.2. The number of anilines is 8. The molecule has 0 saturated carbocycles. The third-order valence-corrected chi connectivity index (χ3v) is 11.5. The summed E-state index contributed by atoms with van der Waals surface area (Å²) in [6.45, 7) is 0. The summed E-state index contributed by atoms with van der Waals surface area (Å²) >= 11 is 0. The van der Waals surface area contributed by atoms with Crippen LogP contribution in [0.5, 0.6) is 17.2 Å². The molecule has 0 spiro atoms. The molecule has 0 fully saturated rings. The van der Waals surface area contributed by atoms with Gasteiger partial charge < -0.3 is 28.9 Å². The molecule has 0 amide bonds. The number of hydrogen-bond acceptors (Lipinski definition) is 6. The van der Waals surface area contributed by atoms with Crippen LogP contribution in [0.4, 0.5) is 56.9 Å². The number of rotatable bonds is 15. The number of methoxy groups -OCH3 is 3. The summed E-state index contributed by atoms with van der Waals surface area (Å²) in [5.74, 6) is 2.43. The number of benzene rings is 8. The summed E-state index contributed by atoms with van der Waals surface area (Å²) in [4.78, 5) is 8.07. The molecular weight excluding hydrogens is 789 g/mol. The monoisotopic (exact) mass is 839 g/mol. The molecule has 0 unspecified atom stereocenters. The first-order chi connectivity index (χ1) is 31.6. The van der Waals surface area contributed by atoms with Gasteiger partial charge in [0.1, 0.15) is 34.3 Å². The summed E-state index contributed by atoms with van der Waals surface area (Å²) in [6, 6.07) is 74.1. The fourth-order valence-electron chi connectivity index (χ4n) is 8.47. The largest absolute Gasteiger partial charge is 0.497 e. The highest BCUT2D eigenvalue weighted by atomic mass is 16.5. The lowest BCUT2D eigenvalue weighted by Crippen LogP contribution is -3.00. The maximum absolute atomic E-state index is 5.66. The van der Waals surface area contributed by atoms with E-state index >= 15 is 0 Å². The lowest BCUT2D eigenvalue weighted by atomic mass is 10.0. The molecule has 0 aliphatic heterocycles. The standard InChI is InChI=1S/C57H50N4O3/c1-62-55-25-13-22-52(40-55)59(43-16-7-4-8-17-43)49-34-28-46(29-35-49)58(47-30-36-50(37-31-47)60(44-18-9-5-10-19-44)53-23-14-26-56(41-53)63-2)48-32-38-51(39-33-48)61(45-20-11-6-12-21-45)54-24-15-27-57(42-54)64-3/h4-32,34-38,40-42H,33,39H2,1-3H3/p+1. The van der Waals surface area contributed by atoms with E-state index in [-0.39, 0.29) is 0 Å². The molecule has 1 N–H and O–H groups in total. The molecule has 0 aromatic heterocycles. The lowest BCUT2D eigenvalue weighted by Gasteiger charge is -2.31. The molecule has 0 radical (unpaired) electrons. The normalized spacial score (nSPS) is 12.2. The Balaban J connectivity index is 1.13. The van der Waals surface area contributed by atoms with Crippen LogP contribution < -0.4 is 33.8 Å². The van der Waals surface area contributed by atoms with Gasteiger partial charge in [0.2, 0.25) is 0 Å². The molecule has 1 aliphatic rings. The van der Waals surface area contributed by atoms with Crippen LogP contribution in [0.25, 0.3) is 0 Å². The third kappa shape index (κ3) is 8.98. The lowest BCUT2D eigenvalue weighted by molar-refractivity contribution is -0.716. The number of nitrogens with zero attached hydrogens (tertiary/aromatic N) is 3. The molecule has 0 atom stereocenters. The van der Waals surface area contributed by atoms with E-state index in [9.17, 15) is 0 Å². The van der Waals surface area contributed by atoms with Crippen molar-refractivity contribution in [2.75, 3.05) is 36.0 Å². The molecule has 0 saturated heterocycles. The maximum Gasteiger partial charge on any atom is 0.141 e. The Bertz CT molecular complexity index is 2710. The van der Waals surface area contributed by atoms with E-state index in [4.69, 9.17) is 14.2 Å². The molecule has 9 rings (SSSR count). The van der Waals surface area contributed by atoms with Crippen LogP contribution in [0.2, 0.25) is 0 Å². The highest BCUT2D eigenvalue weighted by Gasteiger charge is 2.27. The van der Waals surface area contributed by atoms with Gasteiger partial charge in [0.05, 0.1) is 21.3 Å². The van der Waals surface area contributed by atoms with Gasteiger partial charge in [0.15, 0.2) is 0 Å². The van der Waals surface area contributed by atoms with Gasteiger partial charge in [-0.3, -0.25) is 0 Å². The van der Waals surface area contributed by atoms with Crippen molar-refractivity contribution in [3.63, 3.8) is 0 Å². The number of para-hydroxylation sites is 3. The molecular formula is C57H51N4O3+. The summed E-state index contributed by atoms with van der Waals surface area (Å²) in [7, 11) is 5.13. The Morgan fingerprint density at radius 1 is 0.328 bits per heavy atom.